The topological polar surface area (TPSA) is 9.23 Å². The number of hydrogen-bond acceptors (Lipinski definition) is 1. The van der Waals surface area contributed by atoms with Crippen LogP contribution in [-0.4, -0.2) is 15.6 Å². The molecule has 0 amide bonds. The minimum absolute atomic E-state index is 0.506. The van der Waals surface area contributed by atoms with Crippen LogP contribution in [0.3, 0.4) is 0 Å². The molecule has 121 valence electrons. The lowest BCUT2D eigenvalue weighted by Gasteiger charge is -2.18. The molecule has 1 nitrogen and oxygen atoms in total. The highest BCUT2D eigenvalue weighted by atomic mass is 28.3. The Morgan fingerprint density at radius 3 is 1.65 bits per heavy atom. The van der Waals surface area contributed by atoms with Crippen LogP contribution < -0.4 is 0 Å². The maximum Gasteiger partial charge on any atom is 0.204 e. The molecule has 0 saturated carbocycles. The molecule has 0 aliphatic carbocycles. The van der Waals surface area contributed by atoms with E-state index in [1.165, 1.54) is 77.0 Å². The minimum Gasteiger partial charge on any atom is -0.417 e. The molecule has 0 heterocycles. The number of rotatable bonds is 15. The Hall–Kier alpha value is 0.177. The molecular formula is C18H39OSi. The third kappa shape index (κ3) is 14.6. The standard InChI is InChI=1S/C18H39OSi/c1-5-7-9-11-12-14-16-18(17-19-20(3)4)15-13-10-8-6-2/h18H,5-17H2,1-4H3. The van der Waals surface area contributed by atoms with Gasteiger partial charge < -0.3 is 4.43 Å². The monoisotopic (exact) mass is 299 g/mol. The summed E-state index contributed by atoms with van der Waals surface area (Å²) in [7, 11) is -0.506. The van der Waals surface area contributed by atoms with Crippen molar-refractivity contribution in [1.82, 2.24) is 0 Å². The minimum atomic E-state index is -0.506. The Balaban J connectivity index is 3.68. The summed E-state index contributed by atoms with van der Waals surface area (Å²) in [6.45, 7) is 10.1. The second-order valence-electron chi connectivity index (χ2n) is 6.49. The first-order valence-corrected chi connectivity index (χ1v) is 11.5. The molecule has 20 heavy (non-hydrogen) atoms. The molecule has 0 aromatic rings. The highest BCUT2D eigenvalue weighted by Gasteiger charge is 2.10. The van der Waals surface area contributed by atoms with Crippen molar-refractivity contribution < 1.29 is 4.43 Å². The van der Waals surface area contributed by atoms with E-state index in [0.717, 1.165) is 12.5 Å². The zero-order valence-electron chi connectivity index (χ0n) is 14.7. The molecule has 0 aromatic carbocycles. The van der Waals surface area contributed by atoms with Crippen molar-refractivity contribution in [2.75, 3.05) is 6.61 Å². The molecule has 0 fully saturated rings. The fourth-order valence-corrected chi connectivity index (χ4v) is 3.24. The first-order valence-electron chi connectivity index (χ1n) is 9.13. The maximum absolute atomic E-state index is 5.96. The van der Waals surface area contributed by atoms with E-state index in [2.05, 4.69) is 26.9 Å². The average Bonchev–Trinajstić information content (AvgIpc) is 2.43. The second-order valence-corrected chi connectivity index (χ2v) is 8.60. The van der Waals surface area contributed by atoms with Crippen molar-refractivity contribution >= 4 is 9.04 Å². The van der Waals surface area contributed by atoms with Crippen LogP contribution in [0.5, 0.6) is 0 Å². The van der Waals surface area contributed by atoms with Gasteiger partial charge in [-0.3, -0.25) is 0 Å². The van der Waals surface area contributed by atoms with Crippen LogP contribution in [0, 0.1) is 5.92 Å². The van der Waals surface area contributed by atoms with Crippen molar-refractivity contribution in [2.24, 2.45) is 5.92 Å². The largest absolute Gasteiger partial charge is 0.417 e. The van der Waals surface area contributed by atoms with Crippen LogP contribution in [0.4, 0.5) is 0 Å². The molecular weight excluding hydrogens is 260 g/mol. The van der Waals surface area contributed by atoms with Gasteiger partial charge in [0.2, 0.25) is 9.04 Å². The van der Waals surface area contributed by atoms with Crippen molar-refractivity contribution in [2.45, 2.75) is 104 Å². The molecule has 1 unspecified atom stereocenters. The van der Waals surface area contributed by atoms with E-state index >= 15 is 0 Å². The second kappa shape index (κ2) is 15.6. The summed E-state index contributed by atoms with van der Waals surface area (Å²) in [5.41, 5.74) is 0. The molecule has 1 atom stereocenters. The zero-order chi connectivity index (χ0) is 15.1. The number of unbranched alkanes of at least 4 members (excludes halogenated alkanes) is 8. The van der Waals surface area contributed by atoms with Crippen LogP contribution in [0.15, 0.2) is 0 Å². The van der Waals surface area contributed by atoms with Crippen LogP contribution in [-0.2, 0) is 4.43 Å². The van der Waals surface area contributed by atoms with E-state index < -0.39 is 9.04 Å². The number of hydrogen-bond donors (Lipinski definition) is 0. The van der Waals surface area contributed by atoms with Crippen molar-refractivity contribution in [3.05, 3.63) is 0 Å². The predicted octanol–water partition coefficient (Wildman–Crippen LogP) is 6.59. The van der Waals surface area contributed by atoms with E-state index in [0.29, 0.717) is 0 Å². The Bertz CT molecular complexity index is 182. The van der Waals surface area contributed by atoms with Crippen LogP contribution in [0.1, 0.15) is 90.9 Å². The van der Waals surface area contributed by atoms with Gasteiger partial charge in [0.25, 0.3) is 0 Å². The van der Waals surface area contributed by atoms with Gasteiger partial charge in [-0.2, -0.15) is 0 Å². The van der Waals surface area contributed by atoms with Gasteiger partial charge in [0.15, 0.2) is 0 Å². The SMILES string of the molecule is CCCCCCCCC(CCCCCC)CO[Si](C)C. The molecule has 0 aromatic heterocycles. The lowest BCUT2D eigenvalue weighted by atomic mass is 9.95. The van der Waals surface area contributed by atoms with E-state index in [1.54, 1.807) is 0 Å². The lowest BCUT2D eigenvalue weighted by Crippen LogP contribution is -2.16. The summed E-state index contributed by atoms with van der Waals surface area (Å²) < 4.78 is 5.96. The van der Waals surface area contributed by atoms with Gasteiger partial charge >= 0.3 is 0 Å². The van der Waals surface area contributed by atoms with E-state index in [-0.39, 0.29) is 0 Å². The van der Waals surface area contributed by atoms with Crippen LogP contribution in [0.25, 0.3) is 0 Å². The summed E-state index contributed by atoms with van der Waals surface area (Å²) in [6.07, 6.45) is 16.9. The van der Waals surface area contributed by atoms with Gasteiger partial charge in [0.1, 0.15) is 0 Å². The average molecular weight is 300 g/mol. The summed E-state index contributed by atoms with van der Waals surface area (Å²) in [4.78, 5) is 0. The van der Waals surface area contributed by atoms with Gasteiger partial charge in [-0.1, -0.05) is 78.1 Å². The Morgan fingerprint density at radius 2 is 1.15 bits per heavy atom. The first-order chi connectivity index (χ1) is 9.70. The molecule has 2 heteroatoms. The Kier molecular flexibility index (Phi) is 15.7. The lowest BCUT2D eigenvalue weighted by molar-refractivity contribution is 0.227. The molecule has 0 spiro atoms. The first kappa shape index (κ1) is 20.2. The Morgan fingerprint density at radius 1 is 0.700 bits per heavy atom. The van der Waals surface area contributed by atoms with E-state index in [4.69, 9.17) is 4.43 Å². The summed E-state index contributed by atoms with van der Waals surface area (Å²) in [5, 5.41) is 0. The van der Waals surface area contributed by atoms with Crippen molar-refractivity contribution in [1.29, 1.82) is 0 Å². The molecule has 0 rings (SSSR count). The summed E-state index contributed by atoms with van der Waals surface area (Å²) in [5.74, 6) is 0.831. The third-order valence-corrected chi connectivity index (χ3v) is 4.78. The molecule has 0 aliphatic heterocycles. The zero-order valence-corrected chi connectivity index (χ0v) is 15.7. The van der Waals surface area contributed by atoms with Crippen LogP contribution >= 0.6 is 0 Å². The van der Waals surface area contributed by atoms with Crippen LogP contribution in [0.2, 0.25) is 13.1 Å². The highest BCUT2D eigenvalue weighted by molar-refractivity contribution is 6.48. The van der Waals surface area contributed by atoms with Gasteiger partial charge in [-0.25, -0.2) is 0 Å². The smallest absolute Gasteiger partial charge is 0.204 e. The van der Waals surface area contributed by atoms with Gasteiger partial charge in [0.05, 0.1) is 0 Å². The maximum atomic E-state index is 5.96. The predicted molar refractivity (Wildman–Crippen MR) is 93.7 cm³/mol. The summed E-state index contributed by atoms with van der Waals surface area (Å²) >= 11 is 0. The molecule has 0 N–H and O–H groups in total. The third-order valence-electron chi connectivity index (χ3n) is 4.04. The molecule has 0 bridgehead atoms. The Labute approximate surface area is 130 Å². The fourth-order valence-electron chi connectivity index (χ4n) is 2.67. The molecule has 0 saturated heterocycles. The van der Waals surface area contributed by atoms with Crippen molar-refractivity contribution in [3.63, 3.8) is 0 Å². The fraction of sp³-hybridized carbons (Fsp3) is 1.00. The van der Waals surface area contributed by atoms with Gasteiger partial charge in [0, 0.05) is 6.61 Å². The molecule has 0 aliphatic rings. The normalized spacial score (nSPS) is 13.1. The quantitative estimate of drug-likeness (QED) is 0.245. The van der Waals surface area contributed by atoms with Gasteiger partial charge in [-0.15, -0.1) is 0 Å². The summed E-state index contributed by atoms with van der Waals surface area (Å²) in [6, 6.07) is 0. The van der Waals surface area contributed by atoms with Gasteiger partial charge in [-0.05, 0) is 31.9 Å². The molecule has 1 radical (unpaired) electrons. The van der Waals surface area contributed by atoms with Crippen molar-refractivity contribution in [3.8, 4) is 0 Å². The van der Waals surface area contributed by atoms with E-state index in [1.807, 2.05) is 0 Å². The van der Waals surface area contributed by atoms with E-state index in [9.17, 15) is 0 Å². The highest BCUT2D eigenvalue weighted by Crippen LogP contribution is 2.19.